The van der Waals surface area contributed by atoms with Crippen molar-refractivity contribution in [1.82, 2.24) is 29.5 Å². The number of anilines is 3. The molecule has 1 atom stereocenters. The monoisotopic (exact) mass is 584 g/mol. The molecular formula is C36H40N8. The van der Waals surface area contributed by atoms with Gasteiger partial charge < -0.3 is 10.2 Å². The van der Waals surface area contributed by atoms with E-state index in [1.807, 2.05) is 31.3 Å². The van der Waals surface area contributed by atoms with Crippen molar-refractivity contribution in [3.63, 3.8) is 0 Å². The van der Waals surface area contributed by atoms with Gasteiger partial charge in [0.1, 0.15) is 0 Å². The van der Waals surface area contributed by atoms with E-state index in [4.69, 9.17) is 10.1 Å². The lowest BCUT2D eigenvalue weighted by molar-refractivity contribution is 0.518. The Balaban J connectivity index is 1.12. The van der Waals surface area contributed by atoms with Crippen molar-refractivity contribution in [2.24, 2.45) is 7.05 Å². The van der Waals surface area contributed by atoms with E-state index in [1.165, 1.54) is 16.7 Å². The van der Waals surface area contributed by atoms with Crippen LogP contribution in [0.3, 0.4) is 0 Å². The smallest absolute Gasteiger partial charge is 0.225 e. The SMILES string of the molecule is CC(C)n1nc(/C=C/Cc2ccccc2)nc1N1CCCC1c1ccc(Nc2nc(/C=C/Cc3ccccc3)nn2C)cc1. The van der Waals surface area contributed by atoms with Gasteiger partial charge in [-0.1, -0.05) is 84.9 Å². The normalized spacial score (nSPS) is 15.3. The average Bonchev–Trinajstić information content (AvgIpc) is 3.78. The maximum Gasteiger partial charge on any atom is 0.225 e. The van der Waals surface area contributed by atoms with Crippen LogP contribution in [0.2, 0.25) is 0 Å². The highest BCUT2D eigenvalue weighted by atomic mass is 15.5. The van der Waals surface area contributed by atoms with Gasteiger partial charge >= 0.3 is 0 Å². The van der Waals surface area contributed by atoms with Gasteiger partial charge in [-0.05, 0) is 80.5 Å². The molecule has 0 aliphatic carbocycles. The number of hydrogen-bond donors (Lipinski definition) is 1. The molecule has 0 saturated carbocycles. The Morgan fingerprint density at radius 1 is 0.795 bits per heavy atom. The van der Waals surface area contributed by atoms with Crippen LogP contribution in [-0.2, 0) is 19.9 Å². The molecule has 3 heterocycles. The molecule has 8 nitrogen and oxygen atoms in total. The van der Waals surface area contributed by atoms with Crippen LogP contribution in [-0.4, -0.2) is 36.1 Å². The fourth-order valence-electron chi connectivity index (χ4n) is 5.63. The lowest BCUT2D eigenvalue weighted by Gasteiger charge is -2.27. The Hall–Kier alpha value is -4.98. The van der Waals surface area contributed by atoms with E-state index in [-0.39, 0.29) is 12.1 Å². The van der Waals surface area contributed by atoms with Gasteiger partial charge in [-0.15, -0.1) is 5.10 Å². The lowest BCUT2D eigenvalue weighted by Crippen LogP contribution is -2.26. The fraction of sp³-hybridized carbons (Fsp3) is 0.278. The van der Waals surface area contributed by atoms with Crippen molar-refractivity contribution in [2.45, 2.75) is 51.6 Å². The summed E-state index contributed by atoms with van der Waals surface area (Å²) < 4.78 is 3.84. The van der Waals surface area contributed by atoms with Crippen LogP contribution in [0, 0.1) is 0 Å². The van der Waals surface area contributed by atoms with Crippen LogP contribution in [0.1, 0.15) is 67.1 Å². The minimum Gasteiger partial charge on any atom is -0.334 e. The van der Waals surface area contributed by atoms with Crippen LogP contribution < -0.4 is 10.2 Å². The highest BCUT2D eigenvalue weighted by Gasteiger charge is 2.30. The summed E-state index contributed by atoms with van der Waals surface area (Å²) in [6, 6.07) is 30.0. The first-order valence-corrected chi connectivity index (χ1v) is 15.5. The Bertz CT molecular complexity index is 1700. The molecular weight excluding hydrogens is 544 g/mol. The molecule has 44 heavy (non-hydrogen) atoms. The van der Waals surface area contributed by atoms with Gasteiger partial charge in [0.2, 0.25) is 11.9 Å². The zero-order valence-electron chi connectivity index (χ0n) is 25.7. The summed E-state index contributed by atoms with van der Waals surface area (Å²) in [6.45, 7) is 5.29. The molecule has 1 fully saturated rings. The molecule has 0 amide bonds. The largest absolute Gasteiger partial charge is 0.334 e. The Morgan fingerprint density at radius 3 is 2.02 bits per heavy atom. The molecule has 1 aliphatic heterocycles. The van der Waals surface area contributed by atoms with E-state index in [0.717, 1.165) is 49.7 Å². The molecule has 6 rings (SSSR count). The minimum absolute atomic E-state index is 0.214. The van der Waals surface area contributed by atoms with E-state index >= 15 is 0 Å². The van der Waals surface area contributed by atoms with Crippen molar-refractivity contribution in [3.05, 3.63) is 125 Å². The van der Waals surface area contributed by atoms with Gasteiger partial charge in [0.25, 0.3) is 0 Å². The second-order valence-electron chi connectivity index (χ2n) is 11.5. The molecule has 0 bridgehead atoms. The van der Waals surface area contributed by atoms with Gasteiger partial charge in [0, 0.05) is 19.3 Å². The van der Waals surface area contributed by atoms with E-state index in [2.05, 4.69) is 124 Å². The van der Waals surface area contributed by atoms with Crippen molar-refractivity contribution < 1.29 is 0 Å². The Morgan fingerprint density at radius 2 is 1.41 bits per heavy atom. The summed E-state index contributed by atoms with van der Waals surface area (Å²) in [5.41, 5.74) is 4.79. The van der Waals surface area contributed by atoms with Gasteiger partial charge in [-0.2, -0.15) is 15.1 Å². The Labute approximate surface area is 259 Å². The minimum atomic E-state index is 0.214. The highest BCUT2D eigenvalue weighted by Crippen LogP contribution is 2.36. The predicted molar refractivity (Wildman–Crippen MR) is 179 cm³/mol. The first kappa shape index (κ1) is 29.1. The van der Waals surface area contributed by atoms with E-state index < -0.39 is 0 Å². The summed E-state index contributed by atoms with van der Waals surface area (Å²) in [5.74, 6) is 3.09. The van der Waals surface area contributed by atoms with Crippen LogP contribution in [0.5, 0.6) is 0 Å². The third kappa shape index (κ3) is 6.97. The van der Waals surface area contributed by atoms with Crippen LogP contribution in [0.4, 0.5) is 17.6 Å². The number of benzene rings is 3. The number of hydrogen-bond acceptors (Lipinski definition) is 6. The fourth-order valence-corrected chi connectivity index (χ4v) is 5.63. The number of rotatable bonds is 11. The number of aryl methyl sites for hydroxylation is 1. The maximum atomic E-state index is 5.00. The number of aromatic nitrogens is 6. The van der Waals surface area contributed by atoms with E-state index in [9.17, 15) is 0 Å². The third-order valence-electron chi connectivity index (χ3n) is 7.89. The summed E-state index contributed by atoms with van der Waals surface area (Å²) in [6.07, 6.45) is 12.2. The zero-order valence-corrected chi connectivity index (χ0v) is 25.7. The number of nitrogens with zero attached hydrogens (tertiary/aromatic N) is 7. The molecule has 1 unspecified atom stereocenters. The summed E-state index contributed by atoms with van der Waals surface area (Å²) in [4.78, 5) is 12.1. The van der Waals surface area contributed by atoms with Gasteiger partial charge in [-0.25, -0.2) is 9.36 Å². The second kappa shape index (κ2) is 13.5. The molecule has 1 aliphatic rings. The van der Waals surface area contributed by atoms with Gasteiger partial charge in [0.15, 0.2) is 11.6 Å². The van der Waals surface area contributed by atoms with Gasteiger partial charge in [-0.3, -0.25) is 0 Å². The molecule has 1 N–H and O–H groups in total. The molecule has 0 spiro atoms. The van der Waals surface area contributed by atoms with E-state index in [1.54, 1.807) is 4.68 Å². The zero-order chi connectivity index (χ0) is 30.3. The third-order valence-corrected chi connectivity index (χ3v) is 7.89. The first-order valence-electron chi connectivity index (χ1n) is 15.5. The average molecular weight is 585 g/mol. The maximum absolute atomic E-state index is 5.00. The van der Waals surface area contributed by atoms with Crippen molar-refractivity contribution in [1.29, 1.82) is 0 Å². The summed E-state index contributed by atoms with van der Waals surface area (Å²) >= 11 is 0. The topological polar surface area (TPSA) is 76.7 Å². The molecule has 8 heteroatoms. The van der Waals surface area contributed by atoms with E-state index in [0.29, 0.717) is 11.8 Å². The first-order chi connectivity index (χ1) is 21.5. The van der Waals surface area contributed by atoms with Crippen molar-refractivity contribution in [3.8, 4) is 0 Å². The standard InChI is InChI=1S/C36H40N8/c1-27(2)44-36(39-34(41-44)21-11-18-29-15-8-5-9-16-29)43-26-12-19-32(43)30-22-24-31(25-23-30)37-35-38-33(40-42(35)3)20-10-17-28-13-6-4-7-14-28/h4-11,13-16,20-25,27,32H,12,17-19,26H2,1-3H3,(H,37,38,40)/b20-10+,21-11+. The molecule has 224 valence electrons. The van der Waals surface area contributed by atoms with Gasteiger partial charge in [0.05, 0.1) is 12.1 Å². The van der Waals surface area contributed by atoms with Crippen molar-refractivity contribution >= 4 is 29.7 Å². The molecule has 5 aromatic rings. The van der Waals surface area contributed by atoms with Crippen LogP contribution in [0.25, 0.3) is 12.2 Å². The lowest BCUT2D eigenvalue weighted by atomic mass is 10.0. The predicted octanol–water partition coefficient (Wildman–Crippen LogP) is 7.58. The second-order valence-corrected chi connectivity index (χ2v) is 11.5. The summed E-state index contributed by atoms with van der Waals surface area (Å²) in [7, 11) is 1.91. The highest BCUT2D eigenvalue weighted by molar-refractivity contribution is 5.56. The molecule has 2 aromatic heterocycles. The van der Waals surface area contributed by atoms with Crippen LogP contribution in [0.15, 0.2) is 97.1 Å². The number of nitrogens with one attached hydrogen (secondary N) is 1. The Kier molecular flexibility index (Phi) is 8.96. The molecule has 0 radical (unpaired) electrons. The summed E-state index contributed by atoms with van der Waals surface area (Å²) in [5, 5.41) is 12.8. The van der Waals surface area contributed by atoms with Crippen LogP contribution >= 0.6 is 0 Å². The molecule has 3 aromatic carbocycles. The van der Waals surface area contributed by atoms with Crippen molar-refractivity contribution in [2.75, 3.05) is 16.8 Å². The molecule has 1 saturated heterocycles. The quantitative estimate of drug-likeness (QED) is 0.172. The number of allylic oxidation sites excluding steroid dienone is 2.